The van der Waals surface area contributed by atoms with Gasteiger partial charge < -0.3 is 41.3 Å². The number of nitrogens with two attached hydrogens (primary N) is 2. The van der Waals surface area contributed by atoms with E-state index in [0.717, 1.165) is 0 Å². The lowest BCUT2D eigenvalue weighted by molar-refractivity contribution is -0.129. The Balaban J connectivity index is 1.40. The Kier molecular flexibility index (Phi) is 5.32. The van der Waals surface area contributed by atoms with Crippen molar-refractivity contribution in [1.82, 2.24) is 10.2 Å². The van der Waals surface area contributed by atoms with Gasteiger partial charge in [-0.2, -0.15) is 0 Å². The number of aromatic carboxylic acids is 1. The van der Waals surface area contributed by atoms with Crippen LogP contribution in [0.1, 0.15) is 35.2 Å². The van der Waals surface area contributed by atoms with Crippen molar-refractivity contribution in [3.05, 3.63) is 23.3 Å². The Morgan fingerprint density at radius 2 is 2.03 bits per heavy atom. The number of carbonyl (C=O) groups excluding carboxylic acids is 2. The largest absolute Gasteiger partial charge is 0.669 e. The maximum Gasteiger partial charge on any atom is 0.434 e. The minimum atomic E-state index is -3.11. The van der Waals surface area contributed by atoms with Gasteiger partial charge in [-0.1, -0.05) is 18.3 Å². The summed E-state index contributed by atoms with van der Waals surface area (Å²) in [6.07, 6.45) is 0.174. The van der Waals surface area contributed by atoms with E-state index in [9.17, 15) is 29.5 Å². The van der Waals surface area contributed by atoms with Crippen molar-refractivity contribution in [2.45, 2.75) is 36.7 Å². The van der Waals surface area contributed by atoms with Crippen LogP contribution >= 0.6 is 0 Å². The van der Waals surface area contributed by atoms with Crippen LogP contribution in [0, 0.1) is 0 Å². The van der Waals surface area contributed by atoms with E-state index in [1.54, 1.807) is 12.1 Å². The van der Waals surface area contributed by atoms with E-state index in [1.807, 2.05) is 4.90 Å². The second-order valence-corrected chi connectivity index (χ2v) is 9.05. The number of carboxylic acid groups (broad SMARTS) is 1. The number of primary amides is 1. The first-order valence-corrected chi connectivity index (χ1v) is 10.3. The van der Waals surface area contributed by atoms with Crippen LogP contribution in [0.4, 0.5) is 0 Å². The number of likely N-dealkylation sites (tertiary alicyclic amines) is 1. The van der Waals surface area contributed by atoms with Crippen LogP contribution in [-0.4, -0.2) is 82.4 Å². The highest BCUT2D eigenvalue weighted by Crippen LogP contribution is 2.63. The van der Waals surface area contributed by atoms with E-state index < -0.39 is 35.9 Å². The number of amides is 2. The molecule has 8 N–H and O–H groups in total. The molecular weight excluding hydrogens is 423 g/mol. The first-order valence-electron chi connectivity index (χ1n) is 10.3. The zero-order chi connectivity index (χ0) is 23.4. The molecule has 1 aromatic rings. The minimum Gasteiger partial charge on any atom is -0.669 e. The second-order valence-electron chi connectivity index (χ2n) is 9.05. The fraction of sp³-hybridized carbons (Fsp3) is 0.526. The van der Waals surface area contributed by atoms with Crippen molar-refractivity contribution < 1.29 is 38.9 Å². The number of nitrogens with zero attached hydrogens (tertiary/aromatic N) is 1. The standard InChI is InChI=1S/C19H26BN4O8/c1-19(22,18(28)23-5-14(21)25)8-24-6-9(7-24)31-13-3-2-10-11-4-12(11)20(29,30)32-16(10)15(13)17(26)27/h2-3,9,11-12,29-30H,4-8,22H2,1H3,(H2,21,25)(H,23,28)(H,26,27)/q-1. The Labute approximate surface area is 183 Å². The van der Waals surface area contributed by atoms with Crippen molar-refractivity contribution >= 4 is 24.5 Å². The third kappa shape index (κ3) is 4.11. The molecule has 0 radical (unpaired) electrons. The third-order valence-corrected chi connectivity index (χ3v) is 6.16. The van der Waals surface area contributed by atoms with Gasteiger partial charge in [0.25, 0.3) is 0 Å². The summed E-state index contributed by atoms with van der Waals surface area (Å²) in [5.74, 6) is -3.02. The molecule has 0 spiro atoms. The van der Waals surface area contributed by atoms with Gasteiger partial charge in [-0.15, -0.1) is 0 Å². The van der Waals surface area contributed by atoms with E-state index in [-0.39, 0.29) is 42.2 Å². The molecule has 1 aliphatic carbocycles. The molecular formula is C19H26BN4O8-. The summed E-state index contributed by atoms with van der Waals surface area (Å²) in [6.45, 7) is -0.903. The topological polar surface area (TPSA) is 198 Å². The van der Waals surface area contributed by atoms with Crippen LogP contribution < -0.4 is 26.2 Å². The number of ether oxygens (including phenoxy) is 1. The predicted molar refractivity (Wildman–Crippen MR) is 111 cm³/mol. The number of nitrogens with one attached hydrogen (secondary N) is 1. The lowest BCUT2D eigenvalue weighted by Crippen LogP contribution is -2.64. The van der Waals surface area contributed by atoms with Crippen LogP contribution in [0.25, 0.3) is 0 Å². The molecule has 174 valence electrons. The number of carboxylic acids is 1. The van der Waals surface area contributed by atoms with Gasteiger partial charge in [0.05, 0.1) is 12.3 Å². The average Bonchev–Trinajstić information content (AvgIpc) is 3.45. The number of fused-ring (bicyclic) bond motifs is 3. The average molecular weight is 449 g/mol. The number of benzene rings is 1. The highest BCUT2D eigenvalue weighted by atomic mass is 16.6. The molecule has 2 amide bonds. The summed E-state index contributed by atoms with van der Waals surface area (Å²) >= 11 is 0. The normalized spacial score (nSPS) is 25.2. The highest BCUT2D eigenvalue weighted by Gasteiger charge is 2.55. The third-order valence-electron chi connectivity index (χ3n) is 6.16. The van der Waals surface area contributed by atoms with Crippen LogP contribution in [0.3, 0.4) is 0 Å². The molecule has 32 heavy (non-hydrogen) atoms. The van der Waals surface area contributed by atoms with Gasteiger partial charge in [0.1, 0.15) is 23.0 Å². The van der Waals surface area contributed by atoms with Gasteiger partial charge in [0, 0.05) is 19.6 Å². The van der Waals surface area contributed by atoms with Crippen molar-refractivity contribution in [3.8, 4) is 11.5 Å². The number of hydrogen-bond donors (Lipinski definition) is 6. The van der Waals surface area contributed by atoms with Gasteiger partial charge in [-0.05, 0) is 24.5 Å². The minimum absolute atomic E-state index is 0.0596. The van der Waals surface area contributed by atoms with Gasteiger partial charge >= 0.3 is 12.7 Å². The SMILES string of the molecule is CC(N)(CN1CC(Oc2ccc3c(c2C(=O)O)O[B-](O)(O)C2CC32)C1)C(=O)NCC(N)=O. The van der Waals surface area contributed by atoms with Gasteiger partial charge in [0.2, 0.25) is 11.8 Å². The summed E-state index contributed by atoms with van der Waals surface area (Å²) in [5.41, 5.74) is 10.2. The van der Waals surface area contributed by atoms with Crippen LogP contribution in [0.2, 0.25) is 5.82 Å². The fourth-order valence-electron chi connectivity index (χ4n) is 4.42. The molecule has 2 fully saturated rings. The van der Waals surface area contributed by atoms with Crippen molar-refractivity contribution in [2.24, 2.45) is 11.5 Å². The molecule has 0 aromatic heterocycles. The lowest BCUT2D eigenvalue weighted by Gasteiger charge is -2.43. The van der Waals surface area contributed by atoms with Crippen LogP contribution in [-0.2, 0) is 9.59 Å². The Morgan fingerprint density at radius 3 is 2.66 bits per heavy atom. The predicted octanol–water partition coefficient (Wildman–Crippen LogP) is -2.06. The zero-order valence-electron chi connectivity index (χ0n) is 17.5. The summed E-state index contributed by atoms with van der Waals surface area (Å²) in [4.78, 5) is 36.7. The van der Waals surface area contributed by atoms with Crippen molar-refractivity contribution in [2.75, 3.05) is 26.2 Å². The molecule has 3 atom stereocenters. The molecule has 13 heteroatoms. The van der Waals surface area contributed by atoms with Gasteiger partial charge in [0.15, 0.2) is 0 Å². The molecule has 3 unspecified atom stereocenters. The summed E-state index contributed by atoms with van der Waals surface area (Å²) < 4.78 is 11.1. The second kappa shape index (κ2) is 7.62. The quantitative estimate of drug-likeness (QED) is 0.240. The Morgan fingerprint density at radius 1 is 1.34 bits per heavy atom. The van der Waals surface area contributed by atoms with Gasteiger partial charge in [-0.25, -0.2) is 4.79 Å². The smallest absolute Gasteiger partial charge is 0.434 e. The van der Waals surface area contributed by atoms with E-state index in [4.69, 9.17) is 20.9 Å². The van der Waals surface area contributed by atoms with Crippen LogP contribution in [0.15, 0.2) is 12.1 Å². The van der Waals surface area contributed by atoms with E-state index >= 15 is 0 Å². The summed E-state index contributed by atoms with van der Waals surface area (Å²) in [6, 6.07) is 3.26. The molecule has 1 saturated heterocycles. The molecule has 2 heterocycles. The molecule has 1 aromatic carbocycles. The molecule has 12 nitrogen and oxygen atoms in total. The monoisotopic (exact) mass is 449 g/mol. The number of carbonyl (C=O) groups is 3. The van der Waals surface area contributed by atoms with E-state index in [1.165, 1.54) is 6.92 Å². The van der Waals surface area contributed by atoms with Crippen molar-refractivity contribution in [1.29, 1.82) is 0 Å². The molecule has 0 bridgehead atoms. The van der Waals surface area contributed by atoms with Crippen molar-refractivity contribution in [3.63, 3.8) is 0 Å². The number of hydrogen-bond acceptors (Lipinski definition) is 9. The molecule has 4 rings (SSSR count). The Hall–Kier alpha value is -2.87. The Bertz CT molecular complexity index is 978. The molecule has 1 saturated carbocycles. The summed E-state index contributed by atoms with van der Waals surface area (Å²) in [7, 11) is 0. The summed E-state index contributed by atoms with van der Waals surface area (Å²) in [5, 5.41) is 32.3. The fourth-order valence-corrected chi connectivity index (χ4v) is 4.42. The maximum atomic E-state index is 12.1. The van der Waals surface area contributed by atoms with E-state index in [2.05, 4.69) is 5.32 Å². The van der Waals surface area contributed by atoms with Crippen LogP contribution in [0.5, 0.6) is 11.5 Å². The number of rotatable bonds is 8. The first-order chi connectivity index (χ1) is 14.9. The van der Waals surface area contributed by atoms with E-state index in [0.29, 0.717) is 25.1 Å². The zero-order valence-corrected chi connectivity index (χ0v) is 17.5. The lowest BCUT2D eigenvalue weighted by atomic mass is 9.68. The highest BCUT2D eigenvalue weighted by molar-refractivity contribution is 6.62. The first kappa shape index (κ1) is 22.3. The molecule has 2 aliphatic heterocycles. The van der Waals surface area contributed by atoms with Gasteiger partial charge in [-0.3, -0.25) is 14.5 Å². The maximum absolute atomic E-state index is 12.1. The molecule has 3 aliphatic rings.